The van der Waals surface area contributed by atoms with E-state index in [-0.39, 0.29) is 0 Å². The molecule has 0 fully saturated rings. The third kappa shape index (κ3) is 3.23. The van der Waals surface area contributed by atoms with Gasteiger partial charge in [-0.05, 0) is 36.6 Å². The molecule has 0 N–H and O–H groups in total. The van der Waals surface area contributed by atoms with E-state index in [0.29, 0.717) is 0 Å². The molecule has 1 aromatic rings. The van der Waals surface area contributed by atoms with E-state index in [4.69, 9.17) is 11.6 Å². The lowest BCUT2D eigenvalue weighted by Crippen LogP contribution is -1.78. The SMILES string of the molecule is CCC/C=C(\C)c1ccc(Cl)cc1. The third-order valence-corrected chi connectivity index (χ3v) is 2.29. The van der Waals surface area contributed by atoms with Crippen LogP contribution in [0.25, 0.3) is 5.57 Å². The fourth-order valence-electron chi connectivity index (χ4n) is 1.19. The van der Waals surface area contributed by atoms with Gasteiger partial charge in [-0.1, -0.05) is 43.2 Å². The Morgan fingerprint density at radius 2 is 1.92 bits per heavy atom. The Kier molecular flexibility index (Phi) is 4.04. The second-order valence-corrected chi connectivity index (χ2v) is 3.62. The van der Waals surface area contributed by atoms with Gasteiger partial charge in [-0.2, -0.15) is 0 Å². The highest BCUT2D eigenvalue weighted by Crippen LogP contribution is 2.17. The second-order valence-electron chi connectivity index (χ2n) is 3.18. The normalized spacial score (nSPS) is 11.8. The molecule has 70 valence electrons. The first-order valence-corrected chi connectivity index (χ1v) is 5.04. The quantitative estimate of drug-likeness (QED) is 0.663. The van der Waals surface area contributed by atoms with Crippen LogP contribution in [0, 0.1) is 0 Å². The molecule has 0 aliphatic heterocycles. The van der Waals surface area contributed by atoms with E-state index in [0.717, 1.165) is 11.4 Å². The first-order valence-electron chi connectivity index (χ1n) is 4.66. The van der Waals surface area contributed by atoms with Gasteiger partial charge in [0.1, 0.15) is 0 Å². The van der Waals surface area contributed by atoms with E-state index in [1.54, 1.807) is 0 Å². The van der Waals surface area contributed by atoms with Crippen molar-refractivity contribution in [2.24, 2.45) is 0 Å². The minimum Gasteiger partial charge on any atom is -0.0843 e. The Morgan fingerprint density at radius 1 is 1.31 bits per heavy atom. The molecule has 0 aliphatic rings. The minimum absolute atomic E-state index is 0.798. The summed E-state index contributed by atoms with van der Waals surface area (Å²) in [5.41, 5.74) is 2.59. The number of halogens is 1. The van der Waals surface area contributed by atoms with Crippen LogP contribution in [0.4, 0.5) is 0 Å². The summed E-state index contributed by atoms with van der Waals surface area (Å²) in [7, 11) is 0. The molecular formula is C12H15Cl. The van der Waals surface area contributed by atoms with Gasteiger partial charge >= 0.3 is 0 Å². The first kappa shape index (κ1) is 10.3. The monoisotopic (exact) mass is 194 g/mol. The number of allylic oxidation sites excluding steroid dienone is 2. The summed E-state index contributed by atoms with van der Waals surface area (Å²) >= 11 is 5.80. The van der Waals surface area contributed by atoms with Gasteiger partial charge in [0.25, 0.3) is 0 Å². The minimum atomic E-state index is 0.798. The molecule has 1 rings (SSSR count). The summed E-state index contributed by atoms with van der Waals surface area (Å²) in [6.45, 7) is 4.32. The fraction of sp³-hybridized carbons (Fsp3) is 0.333. The molecule has 0 saturated heterocycles. The van der Waals surface area contributed by atoms with Crippen molar-refractivity contribution in [2.75, 3.05) is 0 Å². The Labute approximate surface area is 85.2 Å². The van der Waals surface area contributed by atoms with Crippen LogP contribution in [0.2, 0.25) is 5.02 Å². The molecule has 1 aromatic carbocycles. The van der Waals surface area contributed by atoms with Crippen molar-refractivity contribution in [1.82, 2.24) is 0 Å². The molecule has 0 unspecified atom stereocenters. The second kappa shape index (κ2) is 5.08. The van der Waals surface area contributed by atoms with Crippen LogP contribution in [-0.2, 0) is 0 Å². The molecule has 0 atom stereocenters. The van der Waals surface area contributed by atoms with E-state index in [1.807, 2.05) is 12.1 Å². The van der Waals surface area contributed by atoms with E-state index in [2.05, 4.69) is 32.1 Å². The van der Waals surface area contributed by atoms with Crippen molar-refractivity contribution in [3.05, 3.63) is 40.9 Å². The Morgan fingerprint density at radius 3 is 2.46 bits per heavy atom. The summed E-state index contributed by atoms with van der Waals surface area (Å²) in [6, 6.07) is 7.98. The molecule has 13 heavy (non-hydrogen) atoms. The largest absolute Gasteiger partial charge is 0.0843 e. The number of hydrogen-bond donors (Lipinski definition) is 0. The smallest absolute Gasteiger partial charge is 0.0406 e. The van der Waals surface area contributed by atoms with Crippen molar-refractivity contribution in [3.8, 4) is 0 Å². The lowest BCUT2D eigenvalue weighted by molar-refractivity contribution is 0.959. The van der Waals surface area contributed by atoms with Gasteiger partial charge in [0.05, 0.1) is 0 Å². The summed E-state index contributed by atoms with van der Waals surface area (Å²) in [6.07, 6.45) is 4.61. The zero-order valence-corrected chi connectivity index (χ0v) is 8.93. The Bertz CT molecular complexity index is 282. The maximum Gasteiger partial charge on any atom is 0.0406 e. The highest BCUT2D eigenvalue weighted by Gasteiger charge is 1.94. The average molecular weight is 195 g/mol. The molecule has 0 aromatic heterocycles. The molecule has 0 amide bonds. The average Bonchev–Trinajstić information content (AvgIpc) is 2.15. The van der Waals surface area contributed by atoms with Gasteiger partial charge in [-0.25, -0.2) is 0 Å². The van der Waals surface area contributed by atoms with Gasteiger partial charge in [0, 0.05) is 5.02 Å². The van der Waals surface area contributed by atoms with E-state index in [1.165, 1.54) is 17.6 Å². The predicted molar refractivity (Wildman–Crippen MR) is 60.0 cm³/mol. The number of unbranched alkanes of at least 4 members (excludes halogenated alkanes) is 1. The Balaban J connectivity index is 2.77. The van der Waals surface area contributed by atoms with Crippen LogP contribution in [-0.4, -0.2) is 0 Å². The maximum absolute atomic E-state index is 5.80. The number of benzene rings is 1. The van der Waals surface area contributed by atoms with Crippen molar-refractivity contribution < 1.29 is 0 Å². The fourth-order valence-corrected chi connectivity index (χ4v) is 1.32. The highest BCUT2D eigenvalue weighted by atomic mass is 35.5. The van der Waals surface area contributed by atoms with E-state index < -0.39 is 0 Å². The van der Waals surface area contributed by atoms with Gasteiger partial charge in [0.2, 0.25) is 0 Å². The van der Waals surface area contributed by atoms with Crippen LogP contribution in [0.15, 0.2) is 30.3 Å². The van der Waals surface area contributed by atoms with Crippen LogP contribution in [0.5, 0.6) is 0 Å². The first-order chi connectivity index (χ1) is 6.24. The predicted octanol–water partition coefficient (Wildman–Crippen LogP) is 4.54. The van der Waals surface area contributed by atoms with E-state index in [9.17, 15) is 0 Å². The van der Waals surface area contributed by atoms with Crippen molar-refractivity contribution >= 4 is 17.2 Å². The molecule has 0 saturated carbocycles. The summed E-state index contributed by atoms with van der Waals surface area (Å²) in [5, 5.41) is 0.798. The van der Waals surface area contributed by atoms with Crippen LogP contribution < -0.4 is 0 Å². The molecule has 0 nitrogen and oxygen atoms in total. The molecule has 0 radical (unpaired) electrons. The molecule has 0 heterocycles. The van der Waals surface area contributed by atoms with Crippen LogP contribution >= 0.6 is 11.6 Å². The molecule has 1 heteroatoms. The van der Waals surface area contributed by atoms with Crippen molar-refractivity contribution in [1.29, 1.82) is 0 Å². The third-order valence-electron chi connectivity index (χ3n) is 2.04. The number of rotatable bonds is 3. The molecule has 0 spiro atoms. The highest BCUT2D eigenvalue weighted by molar-refractivity contribution is 6.30. The van der Waals surface area contributed by atoms with E-state index >= 15 is 0 Å². The van der Waals surface area contributed by atoms with Crippen molar-refractivity contribution in [3.63, 3.8) is 0 Å². The summed E-state index contributed by atoms with van der Waals surface area (Å²) in [5.74, 6) is 0. The van der Waals surface area contributed by atoms with Gasteiger partial charge in [-0.15, -0.1) is 0 Å². The van der Waals surface area contributed by atoms with Gasteiger partial charge in [0.15, 0.2) is 0 Å². The molecule has 0 aliphatic carbocycles. The van der Waals surface area contributed by atoms with Crippen molar-refractivity contribution in [2.45, 2.75) is 26.7 Å². The molecule has 0 bridgehead atoms. The summed E-state index contributed by atoms with van der Waals surface area (Å²) < 4.78 is 0. The van der Waals surface area contributed by atoms with Gasteiger partial charge in [-0.3, -0.25) is 0 Å². The topological polar surface area (TPSA) is 0 Å². The van der Waals surface area contributed by atoms with Gasteiger partial charge < -0.3 is 0 Å². The number of hydrogen-bond acceptors (Lipinski definition) is 0. The Hall–Kier alpha value is -0.750. The maximum atomic E-state index is 5.80. The summed E-state index contributed by atoms with van der Waals surface area (Å²) in [4.78, 5) is 0. The molecular weight excluding hydrogens is 180 g/mol. The standard InChI is InChI=1S/C12H15Cl/c1-3-4-5-10(2)11-6-8-12(13)9-7-11/h5-9H,3-4H2,1-2H3/b10-5+. The van der Waals surface area contributed by atoms with Crippen LogP contribution in [0.3, 0.4) is 0 Å². The zero-order valence-electron chi connectivity index (χ0n) is 8.18. The van der Waals surface area contributed by atoms with Crippen LogP contribution in [0.1, 0.15) is 32.3 Å². The lowest BCUT2D eigenvalue weighted by atomic mass is 10.1. The lowest BCUT2D eigenvalue weighted by Gasteiger charge is -2.00. The zero-order chi connectivity index (χ0) is 9.68.